The molecule has 0 bridgehead atoms. The van der Waals surface area contributed by atoms with Crippen LogP contribution < -0.4 is 4.74 Å². The molecule has 8 nitrogen and oxygen atoms in total. The number of phenols is 1. The summed E-state index contributed by atoms with van der Waals surface area (Å²) in [7, 11) is -1.52. The minimum absolute atomic E-state index is 0.0194. The van der Waals surface area contributed by atoms with Crippen LogP contribution in [0.15, 0.2) is 47.7 Å². The van der Waals surface area contributed by atoms with Crippen LogP contribution in [0.4, 0.5) is 0 Å². The van der Waals surface area contributed by atoms with E-state index in [0.29, 0.717) is 5.75 Å². The van der Waals surface area contributed by atoms with E-state index >= 15 is 0 Å². The molecule has 1 fully saturated rings. The van der Waals surface area contributed by atoms with Gasteiger partial charge in [0, 0.05) is 5.57 Å². The van der Waals surface area contributed by atoms with E-state index < -0.39 is 39.8 Å². The van der Waals surface area contributed by atoms with Gasteiger partial charge in [0.2, 0.25) is 0 Å². The molecule has 2 N–H and O–H groups in total. The van der Waals surface area contributed by atoms with Crippen molar-refractivity contribution >= 4 is 33.4 Å². The zero-order valence-electron chi connectivity index (χ0n) is 17.3. The maximum absolute atomic E-state index is 12.8. The third kappa shape index (κ3) is 4.03. The zero-order chi connectivity index (χ0) is 22.5. The molecule has 2 aliphatic heterocycles. The van der Waals surface area contributed by atoms with Gasteiger partial charge in [0.15, 0.2) is 6.10 Å². The minimum Gasteiger partial charge on any atom is -0.508 e. The smallest absolute Gasteiger partial charge is 0.352 e. The fraction of sp³-hybridized carbons (Fsp3) is 0.364. The Morgan fingerprint density at radius 1 is 1.19 bits per heavy atom. The van der Waals surface area contributed by atoms with E-state index in [2.05, 4.69) is 0 Å². The Bertz CT molecular complexity index is 1130. The van der Waals surface area contributed by atoms with E-state index in [1.807, 2.05) is 6.07 Å². The quantitative estimate of drug-likeness (QED) is 0.680. The number of rotatable bonds is 5. The lowest BCUT2D eigenvalue weighted by Crippen LogP contribution is -2.70. The van der Waals surface area contributed by atoms with Crippen LogP contribution in [0.2, 0.25) is 0 Å². The molecule has 164 valence electrons. The highest BCUT2D eigenvalue weighted by Crippen LogP contribution is 2.38. The summed E-state index contributed by atoms with van der Waals surface area (Å²) in [4.78, 5) is 25.6. The molecular weight excluding hydrogens is 422 g/mol. The number of amides is 1. The molecular formula is C22H23NO7S. The van der Waals surface area contributed by atoms with Gasteiger partial charge in [-0.05, 0) is 55.8 Å². The van der Waals surface area contributed by atoms with Gasteiger partial charge >= 0.3 is 5.97 Å². The number of nitrogens with zero attached hydrogens (tertiary/aromatic N) is 1. The van der Waals surface area contributed by atoms with E-state index in [0.717, 1.165) is 15.7 Å². The second kappa shape index (κ2) is 7.65. The van der Waals surface area contributed by atoms with E-state index in [1.165, 1.54) is 0 Å². The predicted octanol–water partition coefficient (Wildman–Crippen LogP) is 2.38. The standard InChI is InChI=1S/C22H23NO7S/c1-22(2,3)30-18-19(25)23-17(21(26)27)14(11-31(28)20(18)23)10-29-16-7-5-12-4-6-15(24)8-13(12)9-16/h4-9,18,20,24H,10-11H2,1-3H3,(H,26,27). The number of carbonyl (C=O) groups is 2. The molecule has 0 spiro atoms. The van der Waals surface area contributed by atoms with Crippen molar-refractivity contribution < 1.29 is 33.5 Å². The van der Waals surface area contributed by atoms with Gasteiger partial charge < -0.3 is 19.7 Å². The Kier molecular flexibility index (Phi) is 5.26. The Hall–Kier alpha value is -2.91. The Labute approximate surface area is 181 Å². The van der Waals surface area contributed by atoms with E-state index in [9.17, 15) is 24.0 Å². The summed E-state index contributed by atoms with van der Waals surface area (Å²) in [6.45, 7) is 5.22. The number of carboxylic acid groups (broad SMARTS) is 1. The van der Waals surface area contributed by atoms with Crippen molar-refractivity contribution in [2.24, 2.45) is 0 Å². The van der Waals surface area contributed by atoms with Crippen molar-refractivity contribution in [3.63, 3.8) is 0 Å². The van der Waals surface area contributed by atoms with Gasteiger partial charge in [-0.25, -0.2) is 4.79 Å². The molecule has 1 saturated heterocycles. The first-order chi connectivity index (χ1) is 14.5. The van der Waals surface area contributed by atoms with Crippen LogP contribution in [0, 0.1) is 0 Å². The van der Waals surface area contributed by atoms with Crippen LogP contribution in [-0.4, -0.2) is 60.6 Å². The number of hydrogen-bond donors (Lipinski definition) is 2. The Morgan fingerprint density at radius 3 is 2.58 bits per heavy atom. The summed E-state index contributed by atoms with van der Waals surface area (Å²) in [5.74, 6) is -1.21. The number of fused-ring (bicyclic) bond motifs is 2. The van der Waals surface area contributed by atoms with E-state index in [1.54, 1.807) is 51.1 Å². The van der Waals surface area contributed by atoms with Crippen molar-refractivity contribution in [2.45, 2.75) is 37.9 Å². The molecule has 4 rings (SSSR count). The number of β-lactam (4-membered cyclic amide) rings is 1. The molecule has 2 aromatic rings. The van der Waals surface area contributed by atoms with Gasteiger partial charge in [-0.2, -0.15) is 0 Å². The lowest BCUT2D eigenvalue weighted by molar-refractivity contribution is -0.178. The van der Waals surface area contributed by atoms with E-state index in [-0.39, 0.29) is 29.4 Å². The van der Waals surface area contributed by atoms with Crippen molar-refractivity contribution in [1.82, 2.24) is 4.90 Å². The van der Waals surface area contributed by atoms with Gasteiger partial charge in [-0.1, -0.05) is 12.1 Å². The number of benzene rings is 2. The lowest BCUT2D eigenvalue weighted by atomic mass is 10.0. The van der Waals surface area contributed by atoms with Crippen LogP contribution in [0.25, 0.3) is 10.8 Å². The van der Waals surface area contributed by atoms with Gasteiger partial charge in [-0.15, -0.1) is 0 Å². The van der Waals surface area contributed by atoms with Crippen molar-refractivity contribution in [1.29, 1.82) is 0 Å². The molecule has 31 heavy (non-hydrogen) atoms. The molecule has 2 aromatic carbocycles. The average Bonchev–Trinajstić information content (AvgIpc) is 2.68. The van der Waals surface area contributed by atoms with Gasteiger partial charge in [0.1, 0.15) is 29.2 Å². The number of carbonyl (C=O) groups excluding carboxylic acids is 1. The Morgan fingerprint density at radius 2 is 1.90 bits per heavy atom. The van der Waals surface area contributed by atoms with Crippen molar-refractivity contribution in [3.05, 3.63) is 47.7 Å². The fourth-order valence-corrected chi connectivity index (χ4v) is 5.38. The maximum atomic E-state index is 12.8. The van der Waals surface area contributed by atoms with Crippen LogP contribution >= 0.6 is 0 Å². The third-order valence-electron chi connectivity index (χ3n) is 5.05. The largest absolute Gasteiger partial charge is 0.508 e. The lowest BCUT2D eigenvalue weighted by Gasteiger charge is -2.50. The molecule has 9 heteroatoms. The van der Waals surface area contributed by atoms with Crippen LogP contribution in [0.5, 0.6) is 11.5 Å². The molecule has 2 aliphatic rings. The van der Waals surface area contributed by atoms with Crippen molar-refractivity contribution in [3.8, 4) is 11.5 Å². The highest BCUT2D eigenvalue weighted by atomic mass is 32.2. The maximum Gasteiger partial charge on any atom is 0.352 e. The zero-order valence-corrected chi connectivity index (χ0v) is 18.1. The molecule has 3 unspecified atom stereocenters. The second-order valence-electron chi connectivity index (χ2n) is 8.51. The SMILES string of the molecule is CC(C)(C)OC1C(=O)N2C(C(=O)O)=C(COc3ccc4ccc(O)cc4c3)CS(=O)C12. The monoisotopic (exact) mass is 445 g/mol. The first-order valence-corrected chi connectivity index (χ1v) is 11.1. The molecule has 0 aromatic heterocycles. The first kappa shape index (κ1) is 21.3. The van der Waals surface area contributed by atoms with Crippen LogP contribution in [-0.2, 0) is 25.1 Å². The number of aromatic hydroxyl groups is 1. The molecule has 0 radical (unpaired) electrons. The molecule has 1 amide bonds. The van der Waals surface area contributed by atoms with Gasteiger partial charge in [-0.3, -0.25) is 13.9 Å². The molecule has 0 saturated carbocycles. The Balaban J connectivity index is 1.58. The summed E-state index contributed by atoms with van der Waals surface area (Å²) in [5, 5.41) is 20.3. The van der Waals surface area contributed by atoms with Crippen LogP contribution in [0.3, 0.4) is 0 Å². The number of phenolic OH excluding ortho intramolecular Hbond substituents is 1. The highest BCUT2D eigenvalue weighted by Gasteiger charge is 2.58. The van der Waals surface area contributed by atoms with Gasteiger partial charge in [0.25, 0.3) is 5.91 Å². The highest BCUT2D eigenvalue weighted by molar-refractivity contribution is 7.86. The normalized spacial score (nSPS) is 23.5. The minimum atomic E-state index is -1.52. The third-order valence-corrected chi connectivity index (χ3v) is 6.68. The second-order valence-corrected chi connectivity index (χ2v) is 10.0. The van der Waals surface area contributed by atoms with Gasteiger partial charge in [0.05, 0.1) is 22.2 Å². The summed E-state index contributed by atoms with van der Waals surface area (Å²) < 4.78 is 24.3. The number of hydrogen-bond acceptors (Lipinski definition) is 6. The summed E-state index contributed by atoms with van der Waals surface area (Å²) in [6, 6.07) is 10.2. The number of aliphatic carboxylic acids is 1. The summed E-state index contributed by atoms with van der Waals surface area (Å²) >= 11 is 0. The topological polar surface area (TPSA) is 113 Å². The molecule has 3 atom stereocenters. The average molecular weight is 445 g/mol. The fourth-order valence-electron chi connectivity index (χ4n) is 3.75. The summed E-state index contributed by atoms with van der Waals surface area (Å²) in [5.41, 5.74) is -0.542. The predicted molar refractivity (Wildman–Crippen MR) is 114 cm³/mol. The number of carboxylic acids is 1. The number of ether oxygens (including phenoxy) is 2. The van der Waals surface area contributed by atoms with Crippen LogP contribution in [0.1, 0.15) is 20.8 Å². The first-order valence-electron chi connectivity index (χ1n) is 9.74. The van der Waals surface area contributed by atoms with Crippen molar-refractivity contribution in [2.75, 3.05) is 12.4 Å². The molecule has 2 heterocycles. The van der Waals surface area contributed by atoms with E-state index in [4.69, 9.17) is 9.47 Å². The molecule has 0 aliphatic carbocycles. The summed E-state index contributed by atoms with van der Waals surface area (Å²) in [6.07, 6.45) is -0.925.